The van der Waals surface area contributed by atoms with Crippen LogP contribution in [0.25, 0.3) is 0 Å². The number of aromatic nitrogens is 2. The van der Waals surface area contributed by atoms with Crippen molar-refractivity contribution in [3.05, 3.63) is 83.6 Å². The first-order chi connectivity index (χ1) is 14.2. The van der Waals surface area contributed by atoms with Crippen LogP contribution in [0.2, 0.25) is 0 Å². The van der Waals surface area contributed by atoms with Gasteiger partial charge in [-0.15, -0.1) is 0 Å². The lowest BCUT2D eigenvalue weighted by molar-refractivity contribution is 0.0945. The van der Waals surface area contributed by atoms with E-state index in [-0.39, 0.29) is 17.4 Å². The Labute approximate surface area is 168 Å². The third-order valence-corrected chi connectivity index (χ3v) is 4.85. The van der Waals surface area contributed by atoms with Crippen LogP contribution in [-0.4, -0.2) is 27.3 Å². The standard InChI is InChI=1S/C22H23FN4O2/c23-19-3-1-2-18(10-19)13-27(12-17-4-5-17)14-21-26-20(15-29-21)22(28)25-11-16-6-8-24-9-7-16/h1-3,6-10,15,17H,4-5,11-14H2,(H,25,28). The number of oxazole rings is 1. The molecule has 1 fully saturated rings. The lowest BCUT2D eigenvalue weighted by atomic mass is 10.2. The highest BCUT2D eigenvalue weighted by Gasteiger charge is 2.25. The summed E-state index contributed by atoms with van der Waals surface area (Å²) in [5.74, 6) is 0.631. The molecule has 1 saturated carbocycles. The van der Waals surface area contributed by atoms with E-state index in [9.17, 15) is 9.18 Å². The van der Waals surface area contributed by atoms with E-state index in [0.717, 1.165) is 17.7 Å². The van der Waals surface area contributed by atoms with Crippen molar-refractivity contribution >= 4 is 5.91 Å². The summed E-state index contributed by atoms with van der Waals surface area (Å²) in [6, 6.07) is 10.3. The number of carbonyl (C=O) groups excluding carboxylic acids is 1. The van der Waals surface area contributed by atoms with Crippen LogP contribution in [0.15, 0.2) is 59.5 Å². The van der Waals surface area contributed by atoms with Gasteiger partial charge in [0.1, 0.15) is 12.1 Å². The fourth-order valence-corrected chi connectivity index (χ4v) is 3.20. The van der Waals surface area contributed by atoms with Crippen molar-refractivity contribution in [1.29, 1.82) is 0 Å². The van der Waals surface area contributed by atoms with Gasteiger partial charge in [-0.1, -0.05) is 12.1 Å². The van der Waals surface area contributed by atoms with E-state index in [1.165, 1.54) is 25.2 Å². The van der Waals surface area contributed by atoms with E-state index < -0.39 is 0 Å². The number of halogens is 1. The van der Waals surface area contributed by atoms with Crippen LogP contribution in [0, 0.1) is 11.7 Å². The summed E-state index contributed by atoms with van der Waals surface area (Å²) < 4.78 is 19.0. The van der Waals surface area contributed by atoms with Crippen LogP contribution in [0.4, 0.5) is 4.39 Å². The summed E-state index contributed by atoms with van der Waals surface area (Å²) in [6.07, 6.45) is 7.18. The minimum Gasteiger partial charge on any atom is -0.447 e. The average molecular weight is 394 g/mol. The van der Waals surface area contributed by atoms with Gasteiger partial charge in [0.2, 0.25) is 5.89 Å². The first-order valence-electron chi connectivity index (χ1n) is 9.74. The first kappa shape index (κ1) is 19.3. The number of rotatable bonds is 9. The first-order valence-corrected chi connectivity index (χ1v) is 9.74. The van der Waals surface area contributed by atoms with Gasteiger partial charge in [0.25, 0.3) is 5.91 Å². The van der Waals surface area contributed by atoms with Gasteiger partial charge in [-0.3, -0.25) is 14.7 Å². The summed E-state index contributed by atoms with van der Waals surface area (Å²) in [4.78, 5) is 22.8. The van der Waals surface area contributed by atoms with E-state index >= 15 is 0 Å². The van der Waals surface area contributed by atoms with Crippen molar-refractivity contribution in [2.24, 2.45) is 5.92 Å². The number of amides is 1. The van der Waals surface area contributed by atoms with E-state index in [1.54, 1.807) is 24.5 Å². The molecule has 1 aliphatic carbocycles. The molecule has 0 aliphatic heterocycles. The Balaban J connectivity index is 1.36. The molecular weight excluding hydrogens is 371 g/mol. The van der Waals surface area contributed by atoms with Gasteiger partial charge in [0.15, 0.2) is 5.69 Å². The van der Waals surface area contributed by atoms with E-state index in [1.807, 2.05) is 18.2 Å². The molecule has 1 aromatic carbocycles. The summed E-state index contributed by atoms with van der Waals surface area (Å²) in [5.41, 5.74) is 2.13. The zero-order valence-electron chi connectivity index (χ0n) is 16.1. The molecule has 2 heterocycles. The molecule has 4 rings (SSSR count). The maximum Gasteiger partial charge on any atom is 0.273 e. The monoisotopic (exact) mass is 394 g/mol. The number of hydrogen-bond acceptors (Lipinski definition) is 5. The van der Waals surface area contributed by atoms with Crippen LogP contribution in [0.1, 0.15) is 40.3 Å². The molecule has 0 spiro atoms. The van der Waals surface area contributed by atoms with Crippen molar-refractivity contribution in [1.82, 2.24) is 20.2 Å². The number of nitrogens with zero attached hydrogens (tertiary/aromatic N) is 3. The zero-order chi connectivity index (χ0) is 20.1. The Morgan fingerprint density at radius 1 is 1.17 bits per heavy atom. The quantitative estimate of drug-likeness (QED) is 0.601. The Morgan fingerprint density at radius 2 is 2.00 bits per heavy atom. The van der Waals surface area contributed by atoms with E-state index in [4.69, 9.17) is 4.42 Å². The van der Waals surface area contributed by atoms with Gasteiger partial charge in [-0.05, 0) is 54.2 Å². The van der Waals surface area contributed by atoms with Crippen molar-refractivity contribution in [2.45, 2.75) is 32.5 Å². The molecule has 0 unspecified atom stereocenters. The van der Waals surface area contributed by atoms with Gasteiger partial charge in [-0.2, -0.15) is 0 Å². The van der Waals surface area contributed by atoms with E-state index in [2.05, 4.69) is 20.2 Å². The SMILES string of the molecule is O=C(NCc1ccncc1)c1coc(CN(Cc2cccc(F)c2)CC2CC2)n1. The Hall–Kier alpha value is -3.06. The predicted molar refractivity (Wildman–Crippen MR) is 105 cm³/mol. The molecule has 0 saturated heterocycles. The maximum absolute atomic E-state index is 13.5. The summed E-state index contributed by atoms with van der Waals surface area (Å²) in [5, 5.41) is 2.83. The number of carbonyl (C=O) groups is 1. The summed E-state index contributed by atoms with van der Waals surface area (Å²) >= 11 is 0. The number of pyridine rings is 1. The van der Waals surface area contributed by atoms with Gasteiger partial charge >= 0.3 is 0 Å². The number of nitrogens with one attached hydrogen (secondary N) is 1. The third kappa shape index (κ3) is 5.71. The lowest BCUT2D eigenvalue weighted by Gasteiger charge is -2.20. The lowest BCUT2D eigenvalue weighted by Crippen LogP contribution is -2.26. The van der Waals surface area contributed by atoms with Crippen LogP contribution in [-0.2, 0) is 19.6 Å². The fourth-order valence-electron chi connectivity index (χ4n) is 3.20. The van der Waals surface area contributed by atoms with Crippen molar-refractivity contribution in [3.8, 4) is 0 Å². The molecule has 0 bridgehead atoms. The largest absolute Gasteiger partial charge is 0.447 e. The van der Waals surface area contributed by atoms with Crippen LogP contribution in [0.3, 0.4) is 0 Å². The molecular formula is C22H23FN4O2. The highest BCUT2D eigenvalue weighted by molar-refractivity contribution is 5.91. The van der Waals surface area contributed by atoms with Gasteiger partial charge in [-0.25, -0.2) is 9.37 Å². The molecule has 1 aliphatic rings. The minimum absolute atomic E-state index is 0.238. The minimum atomic E-state index is -0.282. The highest BCUT2D eigenvalue weighted by Crippen LogP contribution is 2.30. The van der Waals surface area contributed by atoms with Gasteiger partial charge < -0.3 is 9.73 Å². The summed E-state index contributed by atoms with van der Waals surface area (Å²) in [7, 11) is 0. The normalized spacial score (nSPS) is 13.6. The molecule has 0 radical (unpaired) electrons. The van der Waals surface area contributed by atoms with E-state index in [0.29, 0.717) is 31.4 Å². The number of hydrogen-bond donors (Lipinski definition) is 1. The van der Waals surface area contributed by atoms with Crippen molar-refractivity contribution in [2.75, 3.05) is 6.54 Å². The van der Waals surface area contributed by atoms with Gasteiger partial charge in [0, 0.05) is 32.0 Å². The Kier molecular flexibility index (Phi) is 5.95. The Bertz CT molecular complexity index is 956. The number of benzene rings is 1. The highest BCUT2D eigenvalue weighted by atomic mass is 19.1. The molecule has 6 nitrogen and oxygen atoms in total. The molecule has 0 atom stereocenters. The predicted octanol–water partition coefficient (Wildman–Crippen LogP) is 3.55. The Morgan fingerprint density at radius 3 is 2.76 bits per heavy atom. The van der Waals surface area contributed by atoms with Crippen molar-refractivity contribution < 1.29 is 13.6 Å². The molecule has 29 heavy (non-hydrogen) atoms. The van der Waals surface area contributed by atoms with Gasteiger partial charge in [0.05, 0.1) is 6.54 Å². The second-order valence-electron chi connectivity index (χ2n) is 7.41. The zero-order valence-corrected chi connectivity index (χ0v) is 16.1. The fraction of sp³-hybridized carbons (Fsp3) is 0.318. The van der Waals surface area contributed by atoms with Crippen LogP contribution >= 0.6 is 0 Å². The molecule has 150 valence electrons. The maximum atomic E-state index is 13.5. The summed E-state index contributed by atoms with van der Waals surface area (Å²) in [6.45, 7) is 2.39. The molecule has 7 heteroatoms. The smallest absolute Gasteiger partial charge is 0.273 e. The average Bonchev–Trinajstić information content (AvgIpc) is 3.41. The van der Waals surface area contributed by atoms with Crippen molar-refractivity contribution in [3.63, 3.8) is 0 Å². The van der Waals surface area contributed by atoms with Crippen LogP contribution in [0.5, 0.6) is 0 Å². The topological polar surface area (TPSA) is 71.3 Å². The van der Waals surface area contributed by atoms with Crippen LogP contribution < -0.4 is 5.32 Å². The molecule has 3 aromatic rings. The molecule has 1 N–H and O–H groups in total. The molecule has 2 aromatic heterocycles. The molecule has 1 amide bonds. The second kappa shape index (κ2) is 8.96. The second-order valence-corrected chi connectivity index (χ2v) is 7.41. The third-order valence-electron chi connectivity index (χ3n) is 4.85.